The Labute approximate surface area is 92.3 Å². The molecule has 1 saturated heterocycles. The number of aliphatic hydroxyl groups excluding tert-OH is 2. The molecule has 3 N–H and O–H groups in total. The fraction of sp³-hybridized carbons (Fsp3) is 1.00. The van der Waals surface area contributed by atoms with Gasteiger partial charge in [0.25, 0.3) is 0 Å². The smallest absolute Gasteiger partial charge is 0.0895 e. The molecule has 1 fully saturated rings. The van der Waals surface area contributed by atoms with E-state index < -0.39 is 6.10 Å². The van der Waals surface area contributed by atoms with Crippen LogP contribution in [-0.2, 0) is 0 Å². The van der Waals surface area contributed by atoms with Gasteiger partial charge in [-0.05, 0) is 45.8 Å². The summed E-state index contributed by atoms with van der Waals surface area (Å²) < 4.78 is 0. The molecule has 4 nitrogen and oxygen atoms in total. The number of rotatable bonds is 5. The number of hydrogen-bond acceptors (Lipinski definition) is 4. The minimum Gasteiger partial charge on any atom is -0.394 e. The van der Waals surface area contributed by atoms with Crippen LogP contribution < -0.4 is 5.32 Å². The molecule has 90 valence electrons. The third-order valence-electron chi connectivity index (χ3n) is 3.36. The topological polar surface area (TPSA) is 55.7 Å². The Morgan fingerprint density at radius 3 is 2.53 bits per heavy atom. The average Bonchev–Trinajstić information content (AvgIpc) is 2.26. The van der Waals surface area contributed by atoms with Crippen molar-refractivity contribution in [3.05, 3.63) is 0 Å². The van der Waals surface area contributed by atoms with Crippen LogP contribution in [0.1, 0.15) is 19.8 Å². The summed E-state index contributed by atoms with van der Waals surface area (Å²) >= 11 is 0. The summed E-state index contributed by atoms with van der Waals surface area (Å²) in [6.07, 6.45) is 1.82. The van der Waals surface area contributed by atoms with Crippen LogP contribution in [0, 0.1) is 5.92 Å². The molecule has 0 bridgehead atoms. The van der Waals surface area contributed by atoms with Crippen LogP contribution in [0.2, 0.25) is 0 Å². The van der Waals surface area contributed by atoms with Gasteiger partial charge in [-0.15, -0.1) is 0 Å². The zero-order chi connectivity index (χ0) is 11.3. The Balaban J connectivity index is 2.19. The second-order valence-electron chi connectivity index (χ2n) is 4.67. The zero-order valence-electron chi connectivity index (χ0n) is 9.82. The maximum atomic E-state index is 9.23. The van der Waals surface area contributed by atoms with Crippen molar-refractivity contribution in [1.82, 2.24) is 10.2 Å². The molecule has 1 heterocycles. The largest absolute Gasteiger partial charge is 0.394 e. The number of nitrogens with one attached hydrogen (secondary N) is 1. The van der Waals surface area contributed by atoms with Gasteiger partial charge in [-0.3, -0.25) is 0 Å². The highest BCUT2D eigenvalue weighted by Gasteiger charge is 2.22. The zero-order valence-corrected chi connectivity index (χ0v) is 9.82. The lowest BCUT2D eigenvalue weighted by Crippen LogP contribution is -2.43. The number of hydrogen-bond donors (Lipinski definition) is 3. The van der Waals surface area contributed by atoms with Gasteiger partial charge in [0.05, 0.1) is 12.7 Å². The van der Waals surface area contributed by atoms with E-state index in [-0.39, 0.29) is 6.61 Å². The molecule has 0 spiro atoms. The predicted molar refractivity (Wildman–Crippen MR) is 60.8 cm³/mol. The molecule has 0 amide bonds. The van der Waals surface area contributed by atoms with Crippen LogP contribution in [0.4, 0.5) is 0 Å². The Kier molecular flexibility index (Phi) is 5.53. The van der Waals surface area contributed by atoms with Gasteiger partial charge < -0.3 is 20.4 Å². The van der Waals surface area contributed by atoms with E-state index >= 15 is 0 Å². The van der Waals surface area contributed by atoms with Crippen LogP contribution >= 0.6 is 0 Å². The summed E-state index contributed by atoms with van der Waals surface area (Å²) in [6, 6.07) is 0.430. The monoisotopic (exact) mass is 216 g/mol. The molecule has 2 atom stereocenters. The second-order valence-corrected chi connectivity index (χ2v) is 4.67. The van der Waals surface area contributed by atoms with E-state index in [0.29, 0.717) is 18.5 Å². The first kappa shape index (κ1) is 12.9. The standard InChI is InChI=1S/C11H24N2O2/c1-9(12-7-11(15)8-14)10-3-5-13(2)6-4-10/h9-12,14-15H,3-8H2,1-2H3. The van der Waals surface area contributed by atoms with Gasteiger partial charge in [-0.1, -0.05) is 0 Å². The first-order valence-corrected chi connectivity index (χ1v) is 5.84. The Morgan fingerprint density at radius 1 is 1.40 bits per heavy atom. The van der Waals surface area contributed by atoms with Crippen molar-refractivity contribution in [2.45, 2.75) is 31.9 Å². The van der Waals surface area contributed by atoms with E-state index in [1.807, 2.05) is 0 Å². The first-order chi connectivity index (χ1) is 7.13. The van der Waals surface area contributed by atoms with E-state index in [9.17, 15) is 5.11 Å². The molecule has 4 heteroatoms. The normalized spacial score (nSPS) is 24.0. The lowest BCUT2D eigenvalue weighted by atomic mass is 9.90. The molecule has 2 unspecified atom stereocenters. The molecule has 0 aliphatic carbocycles. The van der Waals surface area contributed by atoms with Crippen LogP contribution in [0.15, 0.2) is 0 Å². The maximum absolute atomic E-state index is 9.23. The molecule has 15 heavy (non-hydrogen) atoms. The minimum atomic E-state index is -0.626. The van der Waals surface area contributed by atoms with Crippen molar-refractivity contribution in [3.8, 4) is 0 Å². The molecule has 0 aromatic carbocycles. The van der Waals surface area contributed by atoms with Crippen LogP contribution in [0.3, 0.4) is 0 Å². The molecular formula is C11H24N2O2. The van der Waals surface area contributed by atoms with Gasteiger partial charge >= 0.3 is 0 Å². The lowest BCUT2D eigenvalue weighted by Gasteiger charge is -2.33. The van der Waals surface area contributed by atoms with Gasteiger partial charge in [0.1, 0.15) is 0 Å². The van der Waals surface area contributed by atoms with Gasteiger partial charge in [0.2, 0.25) is 0 Å². The Morgan fingerprint density at radius 2 is 2.00 bits per heavy atom. The highest BCUT2D eigenvalue weighted by Crippen LogP contribution is 2.19. The number of nitrogens with zero attached hydrogens (tertiary/aromatic N) is 1. The molecule has 0 saturated carbocycles. The van der Waals surface area contributed by atoms with E-state index in [4.69, 9.17) is 5.11 Å². The lowest BCUT2D eigenvalue weighted by molar-refractivity contribution is 0.0875. The van der Waals surface area contributed by atoms with Crippen molar-refractivity contribution < 1.29 is 10.2 Å². The number of piperidine rings is 1. The molecule has 1 rings (SSSR count). The molecule has 0 aromatic heterocycles. The average molecular weight is 216 g/mol. The summed E-state index contributed by atoms with van der Waals surface area (Å²) in [5, 5.41) is 21.2. The SMILES string of the molecule is CC(NCC(O)CO)C1CCN(C)CC1. The highest BCUT2D eigenvalue weighted by molar-refractivity contribution is 4.78. The highest BCUT2D eigenvalue weighted by atomic mass is 16.3. The van der Waals surface area contributed by atoms with Crippen molar-refractivity contribution in [2.75, 3.05) is 33.3 Å². The van der Waals surface area contributed by atoms with Gasteiger partial charge in [0, 0.05) is 12.6 Å². The Hall–Kier alpha value is -0.160. The van der Waals surface area contributed by atoms with E-state index in [0.717, 1.165) is 0 Å². The molecule has 0 aromatic rings. The van der Waals surface area contributed by atoms with Gasteiger partial charge in [0.15, 0.2) is 0 Å². The predicted octanol–water partition coefficient (Wildman–Crippen LogP) is -0.340. The third kappa shape index (κ3) is 4.47. The quantitative estimate of drug-likeness (QED) is 0.588. The summed E-state index contributed by atoms with van der Waals surface area (Å²) in [5.41, 5.74) is 0. The van der Waals surface area contributed by atoms with Gasteiger partial charge in [-0.25, -0.2) is 0 Å². The Bertz CT molecular complexity index is 170. The molecular weight excluding hydrogens is 192 g/mol. The second kappa shape index (κ2) is 6.43. The summed E-state index contributed by atoms with van der Waals surface area (Å²) in [6.45, 7) is 4.83. The van der Waals surface area contributed by atoms with Crippen molar-refractivity contribution in [2.24, 2.45) is 5.92 Å². The van der Waals surface area contributed by atoms with E-state index in [1.54, 1.807) is 0 Å². The summed E-state index contributed by atoms with van der Waals surface area (Å²) in [7, 11) is 2.16. The molecule has 1 aliphatic heterocycles. The minimum absolute atomic E-state index is 0.160. The summed E-state index contributed by atoms with van der Waals surface area (Å²) in [5.74, 6) is 0.701. The fourth-order valence-corrected chi connectivity index (χ4v) is 2.08. The first-order valence-electron chi connectivity index (χ1n) is 5.84. The fourth-order valence-electron chi connectivity index (χ4n) is 2.08. The van der Waals surface area contributed by atoms with Crippen LogP contribution in [0.25, 0.3) is 0 Å². The van der Waals surface area contributed by atoms with Crippen LogP contribution in [-0.4, -0.2) is 60.5 Å². The van der Waals surface area contributed by atoms with E-state index in [1.165, 1.54) is 25.9 Å². The van der Waals surface area contributed by atoms with Gasteiger partial charge in [-0.2, -0.15) is 0 Å². The van der Waals surface area contributed by atoms with Crippen molar-refractivity contribution in [3.63, 3.8) is 0 Å². The maximum Gasteiger partial charge on any atom is 0.0895 e. The molecule has 0 radical (unpaired) electrons. The third-order valence-corrected chi connectivity index (χ3v) is 3.36. The van der Waals surface area contributed by atoms with Crippen molar-refractivity contribution >= 4 is 0 Å². The molecule has 1 aliphatic rings. The number of aliphatic hydroxyl groups is 2. The number of likely N-dealkylation sites (tertiary alicyclic amines) is 1. The van der Waals surface area contributed by atoms with Crippen molar-refractivity contribution in [1.29, 1.82) is 0 Å². The summed E-state index contributed by atoms with van der Waals surface area (Å²) in [4.78, 5) is 2.35. The van der Waals surface area contributed by atoms with E-state index in [2.05, 4.69) is 24.2 Å². The van der Waals surface area contributed by atoms with Crippen LogP contribution in [0.5, 0.6) is 0 Å².